The minimum atomic E-state index is -1.07. The number of methoxy groups -OCH3 is 1. The number of nitrogens with zero attached hydrogens (tertiary/aromatic N) is 2. The van der Waals surface area contributed by atoms with Gasteiger partial charge in [-0.1, -0.05) is 18.2 Å². The Balaban J connectivity index is 1.57. The van der Waals surface area contributed by atoms with Gasteiger partial charge in [0.25, 0.3) is 5.91 Å². The van der Waals surface area contributed by atoms with Crippen LogP contribution in [0, 0.1) is 0 Å². The third-order valence-electron chi connectivity index (χ3n) is 4.77. The number of ether oxygens (including phenoxy) is 1. The monoisotopic (exact) mass is 382 g/mol. The molecule has 0 aliphatic carbocycles. The van der Waals surface area contributed by atoms with Crippen molar-refractivity contribution in [2.75, 3.05) is 33.3 Å². The van der Waals surface area contributed by atoms with E-state index in [9.17, 15) is 14.4 Å². The van der Waals surface area contributed by atoms with Crippen LogP contribution in [0.4, 0.5) is 0 Å². The van der Waals surface area contributed by atoms with E-state index in [1.807, 2.05) is 24.3 Å². The second kappa shape index (κ2) is 8.56. The predicted molar refractivity (Wildman–Crippen MR) is 103 cm³/mol. The molecule has 2 aromatic carbocycles. The maximum atomic E-state index is 12.6. The van der Waals surface area contributed by atoms with Crippen LogP contribution in [0.2, 0.25) is 0 Å². The number of rotatable bonds is 5. The first-order chi connectivity index (χ1) is 13.5. The molecule has 1 aliphatic rings. The van der Waals surface area contributed by atoms with E-state index in [4.69, 9.17) is 9.84 Å². The van der Waals surface area contributed by atoms with Gasteiger partial charge in [0.2, 0.25) is 5.91 Å². The number of hydrogen-bond acceptors (Lipinski definition) is 4. The summed E-state index contributed by atoms with van der Waals surface area (Å²) in [4.78, 5) is 39.7. The Labute approximate surface area is 163 Å². The minimum Gasteiger partial charge on any atom is -0.497 e. The zero-order valence-electron chi connectivity index (χ0n) is 15.6. The summed E-state index contributed by atoms with van der Waals surface area (Å²) < 4.78 is 5.18. The molecule has 1 heterocycles. The van der Waals surface area contributed by atoms with Gasteiger partial charge in [0.1, 0.15) is 5.75 Å². The lowest BCUT2D eigenvalue weighted by molar-refractivity contribution is -0.131. The molecule has 1 fully saturated rings. The van der Waals surface area contributed by atoms with Gasteiger partial charge in [-0.3, -0.25) is 9.59 Å². The number of carbonyl (C=O) groups is 3. The standard InChI is InChI=1S/C21H22N2O5/c1-28-18-7-2-4-15(12-18)13-19(24)22-8-10-23(11-9-22)20(25)16-5-3-6-17(14-16)21(26)27/h2-7,12,14H,8-11,13H2,1H3,(H,26,27). The number of benzene rings is 2. The topological polar surface area (TPSA) is 87.2 Å². The highest BCUT2D eigenvalue weighted by molar-refractivity contribution is 5.97. The molecule has 0 unspecified atom stereocenters. The third kappa shape index (κ3) is 4.49. The first-order valence-electron chi connectivity index (χ1n) is 9.01. The molecule has 146 valence electrons. The molecule has 7 nitrogen and oxygen atoms in total. The van der Waals surface area contributed by atoms with E-state index < -0.39 is 5.97 Å². The summed E-state index contributed by atoms with van der Waals surface area (Å²) >= 11 is 0. The van der Waals surface area contributed by atoms with Crippen LogP contribution >= 0.6 is 0 Å². The fraction of sp³-hybridized carbons (Fsp3) is 0.286. The molecule has 0 spiro atoms. The first-order valence-corrected chi connectivity index (χ1v) is 9.01. The van der Waals surface area contributed by atoms with E-state index in [1.165, 1.54) is 12.1 Å². The van der Waals surface area contributed by atoms with Crippen molar-refractivity contribution in [3.8, 4) is 5.75 Å². The summed E-state index contributed by atoms with van der Waals surface area (Å²) in [6.45, 7) is 1.74. The molecule has 0 bridgehead atoms. The Morgan fingerprint density at radius 2 is 1.57 bits per heavy atom. The van der Waals surface area contributed by atoms with Gasteiger partial charge >= 0.3 is 5.97 Å². The van der Waals surface area contributed by atoms with Crippen LogP contribution in [0.1, 0.15) is 26.3 Å². The molecule has 0 aromatic heterocycles. The number of carboxylic acid groups (broad SMARTS) is 1. The van der Waals surface area contributed by atoms with Crippen LogP contribution in [-0.4, -0.2) is 66.0 Å². The number of aromatic carboxylic acids is 1. The quantitative estimate of drug-likeness (QED) is 0.854. The highest BCUT2D eigenvalue weighted by Gasteiger charge is 2.25. The molecule has 28 heavy (non-hydrogen) atoms. The third-order valence-corrected chi connectivity index (χ3v) is 4.77. The molecule has 1 saturated heterocycles. The van der Waals surface area contributed by atoms with Crippen LogP contribution in [0.25, 0.3) is 0 Å². The SMILES string of the molecule is COc1cccc(CC(=O)N2CCN(C(=O)c3cccc(C(=O)O)c3)CC2)c1. The summed E-state index contributed by atoms with van der Waals surface area (Å²) in [5, 5.41) is 9.07. The second-order valence-electron chi connectivity index (χ2n) is 6.59. The molecule has 0 radical (unpaired) electrons. The zero-order chi connectivity index (χ0) is 20.1. The van der Waals surface area contributed by atoms with Crippen LogP contribution in [0.5, 0.6) is 5.75 Å². The van der Waals surface area contributed by atoms with E-state index in [1.54, 1.807) is 29.0 Å². The molecule has 7 heteroatoms. The van der Waals surface area contributed by atoms with Gasteiger partial charge in [0.15, 0.2) is 0 Å². The molecule has 3 rings (SSSR count). The largest absolute Gasteiger partial charge is 0.497 e. The Morgan fingerprint density at radius 1 is 0.929 bits per heavy atom. The fourth-order valence-corrected chi connectivity index (χ4v) is 3.20. The van der Waals surface area contributed by atoms with Crippen molar-refractivity contribution in [2.24, 2.45) is 0 Å². The van der Waals surface area contributed by atoms with E-state index in [0.717, 1.165) is 5.56 Å². The predicted octanol–water partition coefficient (Wildman–Crippen LogP) is 1.92. The minimum absolute atomic E-state index is 0.00762. The molecular formula is C21H22N2O5. The van der Waals surface area contributed by atoms with Crippen molar-refractivity contribution in [2.45, 2.75) is 6.42 Å². The van der Waals surface area contributed by atoms with Crippen molar-refractivity contribution in [3.05, 3.63) is 65.2 Å². The highest BCUT2D eigenvalue weighted by atomic mass is 16.5. The van der Waals surface area contributed by atoms with Gasteiger partial charge < -0.3 is 19.6 Å². The summed E-state index contributed by atoms with van der Waals surface area (Å²) in [5.41, 5.74) is 1.31. The average molecular weight is 382 g/mol. The number of carboxylic acids is 1. The number of piperazine rings is 1. The normalized spacial score (nSPS) is 13.9. The Bertz CT molecular complexity index is 888. The van der Waals surface area contributed by atoms with Crippen molar-refractivity contribution < 1.29 is 24.2 Å². The van der Waals surface area contributed by atoms with E-state index in [2.05, 4.69) is 0 Å². The van der Waals surface area contributed by atoms with E-state index in [-0.39, 0.29) is 23.8 Å². The first kappa shape index (κ1) is 19.4. The Hall–Kier alpha value is -3.35. The van der Waals surface area contributed by atoms with Gasteiger partial charge in [-0.05, 0) is 35.9 Å². The highest BCUT2D eigenvalue weighted by Crippen LogP contribution is 2.15. The molecule has 2 aromatic rings. The number of carbonyl (C=O) groups excluding carboxylic acids is 2. The number of hydrogen-bond donors (Lipinski definition) is 1. The van der Waals surface area contributed by atoms with Crippen molar-refractivity contribution >= 4 is 17.8 Å². The van der Waals surface area contributed by atoms with Gasteiger partial charge in [-0.2, -0.15) is 0 Å². The maximum Gasteiger partial charge on any atom is 0.335 e. The summed E-state index contributed by atoms with van der Waals surface area (Å²) in [7, 11) is 1.59. The molecule has 1 N–H and O–H groups in total. The molecule has 0 atom stereocenters. The lowest BCUT2D eigenvalue weighted by Gasteiger charge is -2.35. The van der Waals surface area contributed by atoms with Crippen molar-refractivity contribution in [1.29, 1.82) is 0 Å². The molecule has 1 aliphatic heterocycles. The fourth-order valence-electron chi connectivity index (χ4n) is 3.20. The van der Waals surface area contributed by atoms with Crippen LogP contribution < -0.4 is 4.74 Å². The summed E-state index contributed by atoms with van der Waals surface area (Å²) in [5.74, 6) is -0.567. The summed E-state index contributed by atoms with van der Waals surface area (Å²) in [6.07, 6.45) is 0.284. The smallest absolute Gasteiger partial charge is 0.335 e. The molecule has 2 amide bonds. The van der Waals surface area contributed by atoms with Crippen molar-refractivity contribution in [3.63, 3.8) is 0 Å². The second-order valence-corrected chi connectivity index (χ2v) is 6.59. The molecule has 0 saturated carbocycles. The number of amides is 2. The van der Waals surface area contributed by atoms with Gasteiger partial charge in [-0.25, -0.2) is 4.79 Å². The maximum absolute atomic E-state index is 12.6. The zero-order valence-corrected chi connectivity index (χ0v) is 15.6. The van der Waals surface area contributed by atoms with E-state index in [0.29, 0.717) is 37.5 Å². The van der Waals surface area contributed by atoms with E-state index >= 15 is 0 Å². The Kier molecular flexibility index (Phi) is 5.93. The van der Waals surface area contributed by atoms with Gasteiger partial charge in [0.05, 0.1) is 19.1 Å². The lowest BCUT2D eigenvalue weighted by Crippen LogP contribution is -2.51. The summed E-state index contributed by atoms with van der Waals surface area (Å²) in [6, 6.07) is 13.4. The Morgan fingerprint density at radius 3 is 2.25 bits per heavy atom. The van der Waals surface area contributed by atoms with Crippen LogP contribution in [0.15, 0.2) is 48.5 Å². The lowest BCUT2D eigenvalue weighted by atomic mass is 10.1. The van der Waals surface area contributed by atoms with Gasteiger partial charge in [0, 0.05) is 31.7 Å². The molecular weight excluding hydrogens is 360 g/mol. The van der Waals surface area contributed by atoms with Gasteiger partial charge in [-0.15, -0.1) is 0 Å². The average Bonchev–Trinajstić information content (AvgIpc) is 2.73. The van der Waals surface area contributed by atoms with Crippen LogP contribution in [-0.2, 0) is 11.2 Å². The van der Waals surface area contributed by atoms with Crippen LogP contribution in [0.3, 0.4) is 0 Å². The van der Waals surface area contributed by atoms with Crippen molar-refractivity contribution in [1.82, 2.24) is 9.80 Å².